The number of aromatic hydroxyl groups is 1. The Morgan fingerprint density at radius 2 is 2.33 bits per heavy atom. The van der Waals surface area contributed by atoms with Gasteiger partial charge in [-0.25, -0.2) is 4.39 Å². The summed E-state index contributed by atoms with van der Waals surface area (Å²) < 4.78 is 13.9. The van der Waals surface area contributed by atoms with E-state index in [1.165, 1.54) is 18.2 Å². The van der Waals surface area contributed by atoms with Crippen LogP contribution in [0.2, 0.25) is 0 Å². The highest BCUT2D eigenvalue weighted by Crippen LogP contribution is 2.22. The van der Waals surface area contributed by atoms with Crippen LogP contribution in [0.5, 0.6) is 5.75 Å². The summed E-state index contributed by atoms with van der Waals surface area (Å²) >= 11 is 0. The highest BCUT2D eigenvalue weighted by Gasteiger charge is 2.25. The maximum Gasteiger partial charge on any atom is 0.260 e. The lowest BCUT2D eigenvalue weighted by molar-refractivity contribution is 0.0731. The molecule has 1 unspecified atom stereocenters. The molecule has 5 heteroatoms. The molecule has 2 N–H and O–H groups in total. The fraction of sp³-hybridized carbons (Fsp3) is 0.562. The molecule has 1 aliphatic rings. The Morgan fingerprint density at radius 1 is 1.52 bits per heavy atom. The van der Waals surface area contributed by atoms with E-state index in [1.807, 2.05) is 0 Å². The standard InChI is InChI=1S/C16H23FN2O2/c1-2-3-10-19(11-12-6-5-9-18-12)16(21)15-13(17)7-4-8-14(15)20/h4,7-8,12,18,20H,2-3,5-6,9-11H2,1H3. The first kappa shape index (κ1) is 15.8. The number of rotatable bonds is 6. The molecule has 1 atom stereocenters. The van der Waals surface area contributed by atoms with Crippen LogP contribution in [-0.2, 0) is 0 Å². The molecular formula is C16H23FN2O2. The molecule has 1 fully saturated rings. The molecule has 116 valence electrons. The van der Waals surface area contributed by atoms with Crippen LogP contribution >= 0.6 is 0 Å². The van der Waals surface area contributed by atoms with Crippen LogP contribution < -0.4 is 5.32 Å². The van der Waals surface area contributed by atoms with E-state index in [2.05, 4.69) is 12.2 Å². The molecule has 0 radical (unpaired) electrons. The summed E-state index contributed by atoms with van der Waals surface area (Å²) in [5.74, 6) is -1.38. The zero-order valence-electron chi connectivity index (χ0n) is 12.4. The number of hydrogen-bond donors (Lipinski definition) is 2. The predicted octanol–water partition coefficient (Wildman–Crippen LogP) is 2.53. The Kier molecular flexibility index (Phi) is 5.56. The number of amides is 1. The average Bonchev–Trinajstić information content (AvgIpc) is 2.96. The first-order valence-electron chi connectivity index (χ1n) is 7.63. The largest absolute Gasteiger partial charge is 0.507 e. The molecule has 1 saturated heterocycles. The van der Waals surface area contributed by atoms with E-state index in [0.717, 1.165) is 32.2 Å². The SMILES string of the molecule is CCCCN(CC1CCCN1)C(=O)c1c(O)cccc1F. The van der Waals surface area contributed by atoms with Gasteiger partial charge in [-0.1, -0.05) is 19.4 Å². The van der Waals surface area contributed by atoms with Crippen LogP contribution in [0.25, 0.3) is 0 Å². The molecule has 0 saturated carbocycles. The zero-order valence-corrected chi connectivity index (χ0v) is 12.4. The zero-order chi connectivity index (χ0) is 15.2. The molecule has 0 spiro atoms. The predicted molar refractivity (Wildman–Crippen MR) is 79.9 cm³/mol. The van der Waals surface area contributed by atoms with E-state index < -0.39 is 11.7 Å². The highest BCUT2D eigenvalue weighted by atomic mass is 19.1. The molecule has 21 heavy (non-hydrogen) atoms. The van der Waals surface area contributed by atoms with Gasteiger partial charge in [-0.05, 0) is 37.9 Å². The van der Waals surface area contributed by atoms with E-state index in [4.69, 9.17) is 0 Å². The van der Waals surface area contributed by atoms with Gasteiger partial charge in [0.2, 0.25) is 0 Å². The monoisotopic (exact) mass is 294 g/mol. The highest BCUT2D eigenvalue weighted by molar-refractivity contribution is 5.97. The quantitative estimate of drug-likeness (QED) is 0.847. The van der Waals surface area contributed by atoms with Gasteiger partial charge >= 0.3 is 0 Å². The molecule has 1 aromatic rings. The second-order valence-corrected chi connectivity index (χ2v) is 5.53. The van der Waals surface area contributed by atoms with E-state index in [0.29, 0.717) is 13.1 Å². The number of halogens is 1. The average molecular weight is 294 g/mol. The molecule has 0 aliphatic carbocycles. The van der Waals surface area contributed by atoms with Crippen molar-refractivity contribution in [2.45, 2.75) is 38.6 Å². The maximum atomic E-state index is 13.9. The molecule has 1 heterocycles. The fourth-order valence-electron chi connectivity index (χ4n) is 2.69. The molecule has 1 aliphatic heterocycles. The van der Waals surface area contributed by atoms with Gasteiger partial charge in [-0.15, -0.1) is 0 Å². The summed E-state index contributed by atoms with van der Waals surface area (Å²) in [7, 11) is 0. The van der Waals surface area contributed by atoms with Gasteiger partial charge in [-0.3, -0.25) is 4.79 Å². The number of nitrogens with zero attached hydrogens (tertiary/aromatic N) is 1. The van der Waals surface area contributed by atoms with Crippen molar-refractivity contribution in [2.24, 2.45) is 0 Å². The van der Waals surface area contributed by atoms with Crippen LogP contribution in [0.3, 0.4) is 0 Å². The van der Waals surface area contributed by atoms with Crippen LogP contribution in [0.15, 0.2) is 18.2 Å². The van der Waals surface area contributed by atoms with E-state index >= 15 is 0 Å². The summed E-state index contributed by atoms with van der Waals surface area (Å²) in [4.78, 5) is 14.2. The molecule has 1 amide bonds. The molecule has 4 nitrogen and oxygen atoms in total. The van der Waals surface area contributed by atoms with Crippen molar-refractivity contribution in [3.8, 4) is 5.75 Å². The summed E-state index contributed by atoms with van der Waals surface area (Å²) in [6.07, 6.45) is 3.96. The first-order chi connectivity index (χ1) is 10.1. The third-order valence-electron chi connectivity index (χ3n) is 3.88. The van der Waals surface area contributed by atoms with Crippen LogP contribution in [0.1, 0.15) is 43.0 Å². The molecular weight excluding hydrogens is 271 g/mol. The first-order valence-corrected chi connectivity index (χ1v) is 7.63. The normalized spacial score (nSPS) is 17.9. The lowest BCUT2D eigenvalue weighted by Crippen LogP contribution is -2.42. The Labute approximate surface area is 125 Å². The third kappa shape index (κ3) is 3.94. The van der Waals surface area contributed by atoms with Crippen molar-refractivity contribution < 1.29 is 14.3 Å². The van der Waals surface area contributed by atoms with Gasteiger partial charge in [0.05, 0.1) is 0 Å². The lowest BCUT2D eigenvalue weighted by atomic mass is 10.1. The van der Waals surface area contributed by atoms with Crippen LogP contribution in [0.4, 0.5) is 4.39 Å². The Morgan fingerprint density at radius 3 is 2.95 bits per heavy atom. The van der Waals surface area contributed by atoms with Gasteiger partial charge < -0.3 is 15.3 Å². The van der Waals surface area contributed by atoms with Gasteiger partial charge in [0, 0.05) is 19.1 Å². The number of phenols is 1. The van der Waals surface area contributed by atoms with E-state index in [1.54, 1.807) is 4.90 Å². The number of nitrogens with one attached hydrogen (secondary N) is 1. The Bertz CT molecular complexity index is 467. The molecule has 0 aromatic heterocycles. The minimum absolute atomic E-state index is 0.216. The van der Waals surface area contributed by atoms with Crippen molar-refractivity contribution in [1.29, 1.82) is 0 Å². The van der Waals surface area contributed by atoms with Crippen molar-refractivity contribution in [2.75, 3.05) is 19.6 Å². The topological polar surface area (TPSA) is 52.6 Å². The van der Waals surface area contributed by atoms with Crippen LogP contribution in [0, 0.1) is 5.82 Å². The van der Waals surface area contributed by atoms with Crippen molar-refractivity contribution in [3.63, 3.8) is 0 Å². The van der Waals surface area contributed by atoms with Gasteiger partial charge in [0.1, 0.15) is 17.1 Å². The minimum atomic E-state index is -0.666. The molecule has 0 bridgehead atoms. The second kappa shape index (κ2) is 7.41. The Balaban J connectivity index is 2.16. The molecule has 1 aromatic carbocycles. The number of carbonyl (C=O) groups is 1. The van der Waals surface area contributed by atoms with E-state index in [-0.39, 0.29) is 17.4 Å². The van der Waals surface area contributed by atoms with Crippen LogP contribution in [-0.4, -0.2) is 41.6 Å². The Hall–Kier alpha value is -1.62. The summed E-state index contributed by atoms with van der Waals surface area (Å²) in [6.45, 7) is 4.16. The lowest BCUT2D eigenvalue weighted by Gasteiger charge is -2.26. The number of benzene rings is 1. The number of carbonyl (C=O) groups excluding carboxylic acids is 1. The number of unbranched alkanes of at least 4 members (excludes halogenated alkanes) is 1. The van der Waals surface area contributed by atoms with Gasteiger partial charge in [0.15, 0.2) is 0 Å². The van der Waals surface area contributed by atoms with Gasteiger partial charge in [0.25, 0.3) is 5.91 Å². The summed E-state index contributed by atoms with van der Waals surface area (Å²) in [5.41, 5.74) is -0.216. The minimum Gasteiger partial charge on any atom is -0.507 e. The maximum absolute atomic E-state index is 13.9. The van der Waals surface area contributed by atoms with E-state index in [9.17, 15) is 14.3 Å². The summed E-state index contributed by atoms with van der Waals surface area (Å²) in [5, 5.41) is 13.1. The smallest absolute Gasteiger partial charge is 0.260 e. The summed E-state index contributed by atoms with van der Waals surface area (Å²) in [6, 6.07) is 4.22. The second-order valence-electron chi connectivity index (χ2n) is 5.53. The third-order valence-corrected chi connectivity index (χ3v) is 3.88. The van der Waals surface area contributed by atoms with Crippen molar-refractivity contribution >= 4 is 5.91 Å². The number of phenolic OH excluding ortho intramolecular Hbond substituents is 1. The number of hydrogen-bond acceptors (Lipinski definition) is 3. The fourth-order valence-corrected chi connectivity index (χ4v) is 2.69. The van der Waals surface area contributed by atoms with Gasteiger partial charge in [-0.2, -0.15) is 0 Å². The van der Waals surface area contributed by atoms with Crippen molar-refractivity contribution in [1.82, 2.24) is 10.2 Å². The van der Waals surface area contributed by atoms with Crippen molar-refractivity contribution in [3.05, 3.63) is 29.6 Å². The molecule has 2 rings (SSSR count).